The molecule has 31 heavy (non-hydrogen) atoms. The van der Waals surface area contributed by atoms with Crippen molar-refractivity contribution in [2.24, 2.45) is 0 Å². The lowest BCUT2D eigenvalue weighted by Gasteiger charge is -2.25. The Kier molecular flexibility index (Phi) is 5.67. The molecular weight excluding hydrogens is 384 g/mol. The average Bonchev–Trinajstić information content (AvgIpc) is 3.49. The number of rotatable bonds is 6. The van der Waals surface area contributed by atoms with E-state index in [9.17, 15) is 4.79 Å². The number of carbonyl (C=O) groups is 1. The van der Waals surface area contributed by atoms with Crippen molar-refractivity contribution in [3.8, 4) is 0 Å². The summed E-state index contributed by atoms with van der Waals surface area (Å²) in [6.07, 6.45) is 5.15. The largest absolute Gasteiger partial charge is 0.362 e. The Hall–Kier alpha value is -3.18. The van der Waals surface area contributed by atoms with E-state index < -0.39 is 0 Å². The predicted octanol–water partition coefficient (Wildman–Crippen LogP) is 4.53. The first-order valence-electron chi connectivity index (χ1n) is 11.2. The van der Waals surface area contributed by atoms with E-state index in [4.69, 9.17) is 0 Å². The van der Waals surface area contributed by atoms with Crippen LogP contribution in [0.1, 0.15) is 40.4 Å². The highest BCUT2D eigenvalue weighted by atomic mass is 16.2. The van der Waals surface area contributed by atoms with Crippen molar-refractivity contribution in [2.45, 2.75) is 25.3 Å². The Labute approximate surface area is 183 Å². The van der Waals surface area contributed by atoms with Crippen LogP contribution >= 0.6 is 0 Å². The summed E-state index contributed by atoms with van der Waals surface area (Å²) in [5.74, 6) is 0.812. The first-order chi connectivity index (χ1) is 15.3. The number of pyridine rings is 1. The highest BCUT2D eigenvalue weighted by Crippen LogP contribution is 2.29. The van der Waals surface area contributed by atoms with E-state index in [1.807, 2.05) is 41.3 Å². The fraction of sp³-hybridized carbons (Fsp3) is 0.308. The summed E-state index contributed by atoms with van der Waals surface area (Å²) in [5.41, 5.74) is 4.13. The molecule has 3 heterocycles. The number of likely N-dealkylation sites (tertiary alicyclic amines) is 1. The molecule has 1 fully saturated rings. The highest BCUT2D eigenvalue weighted by Gasteiger charge is 2.25. The molecule has 5 rings (SSSR count). The minimum atomic E-state index is 0.0145. The van der Waals surface area contributed by atoms with Gasteiger partial charge in [-0.2, -0.15) is 0 Å². The second-order valence-electron chi connectivity index (χ2n) is 8.38. The van der Waals surface area contributed by atoms with Crippen LogP contribution in [0, 0.1) is 0 Å². The van der Waals surface area contributed by atoms with Crippen molar-refractivity contribution in [1.82, 2.24) is 9.88 Å². The summed E-state index contributed by atoms with van der Waals surface area (Å²) in [5, 5.41) is 3.60. The standard InChI is InChI=1S/C26H28N4O/c31-26(30-17-14-21-10-4-5-11-24(21)30)22-12-13-25(27-18-22)28-23(19-29-15-6-7-16-29)20-8-2-1-3-9-20/h1-5,8-13,18,23H,6-7,14-17,19H2,(H,27,28). The molecule has 1 aromatic heterocycles. The molecule has 0 radical (unpaired) electrons. The Morgan fingerprint density at radius 1 is 0.935 bits per heavy atom. The third-order valence-corrected chi connectivity index (χ3v) is 6.31. The summed E-state index contributed by atoms with van der Waals surface area (Å²) >= 11 is 0. The van der Waals surface area contributed by atoms with Gasteiger partial charge < -0.3 is 15.1 Å². The number of carbonyl (C=O) groups excluding carboxylic acids is 1. The van der Waals surface area contributed by atoms with E-state index in [0.29, 0.717) is 5.56 Å². The quantitative estimate of drug-likeness (QED) is 0.646. The zero-order valence-corrected chi connectivity index (χ0v) is 17.7. The summed E-state index contributed by atoms with van der Waals surface area (Å²) < 4.78 is 0. The molecule has 2 aliphatic rings. The fourth-order valence-electron chi connectivity index (χ4n) is 4.63. The van der Waals surface area contributed by atoms with Crippen LogP contribution in [0.4, 0.5) is 11.5 Å². The topological polar surface area (TPSA) is 48.5 Å². The average molecular weight is 413 g/mol. The van der Waals surface area contributed by atoms with Crippen LogP contribution in [-0.2, 0) is 6.42 Å². The van der Waals surface area contributed by atoms with Crippen LogP contribution in [-0.4, -0.2) is 42.0 Å². The van der Waals surface area contributed by atoms with Gasteiger partial charge in [-0.15, -0.1) is 0 Å². The molecule has 1 atom stereocenters. The lowest BCUT2D eigenvalue weighted by molar-refractivity contribution is 0.0989. The molecule has 5 nitrogen and oxygen atoms in total. The molecule has 0 spiro atoms. The number of fused-ring (bicyclic) bond motifs is 1. The van der Waals surface area contributed by atoms with Gasteiger partial charge in [-0.3, -0.25) is 4.79 Å². The molecule has 1 unspecified atom stereocenters. The molecule has 5 heteroatoms. The van der Waals surface area contributed by atoms with E-state index in [0.717, 1.165) is 44.1 Å². The number of nitrogens with zero attached hydrogens (tertiary/aromatic N) is 3. The number of amides is 1. The number of para-hydroxylation sites is 1. The van der Waals surface area contributed by atoms with Crippen LogP contribution < -0.4 is 10.2 Å². The van der Waals surface area contributed by atoms with Crippen LogP contribution in [0.2, 0.25) is 0 Å². The minimum Gasteiger partial charge on any atom is -0.362 e. The molecule has 2 aromatic carbocycles. The van der Waals surface area contributed by atoms with Gasteiger partial charge in [0.1, 0.15) is 5.82 Å². The van der Waals surface area contributed by atoms with E-state index in [2.05, 4.69) is 45.5 Å². The zero-order chi connectivity index (χ0) is 21.0. The normalized spacial score (nSPS) is 16.8. The first kappa shape index (κ1) is 19.8. The molecule has 1 saturated heterocycles. The number of benzene rings is 2. The second-order valence-corrected chi connectivity index (χ2v) is 8.38. The molecule has 0 saturated carbocycles. The molecule has 0 bridgehead atoms. The van der Waals surface area contributed by atoms with Gasteiger partial charge in [0.15, 0.2) is 0 Å². The Balaban J connectivity index is 1.31. The molecule has 0 aliphatic carbocycles. The first-order valence-corrected chi connectivity index (χ1v) is 11.2. The Morgan fingerprint density at radius 3 is 2.48 bits per heavy atom. The number of hydrogen-bond acceptors (Lipinski definition) is 4. The third-order valence-electron chi connectivity index (χ3n) is 6.31. The molecule has 1 N–H and O–H groups in total. The highest BCUT2D eigenvalue weighted by molar-refractivity contribution is 6.07. The maximum absolute atomic E-state index is 13.1. The maximum atomic E-state index is 13.1. The molecule has 2 aliphatic heterocycles. The lowest BCUT2D eigenvalue weighted by atomic mass is 10.1. The SMILES string of the molecule is O=C(c1ccc(NC(CN2CCCC2)c2ccccc2)nc1)N1CCc2ccccc21. The van der Waals surface area contributed by atoms with Crippen LogP contribution in [0.5, 0.6) is 0 Å². The van der Waals surface area contributed by atoms with E-state index in [1.54, 1.807) is 6.20 Å². The minimum absolute atomic E-state index is 0.0145. The van der Waals surface area contributed by atoms with Crippen LogP contribution in [0.25, 0.3) is 0 Å². The van der Waals surface area contributed by atoms with Gasteiger partial charge in [0, 0.05) is 25.0 Å². The van der Waals surface area contributed by atoms with Crippen molar-refractivity contribution in [2.75, 3.05) is 36.4 Å². The van der Waals surface area contributed by atoms with Gasteiger partial charge in [-0.25, -0.2) is 4.98 Å². The predicted molar refractivity (Wildman–Crippen MR) is 125 cm³/mol. The summed E-state index contributed by atoms with van der Waals surface area (Å²) in [6, 6.07) is 22.6. The van der Waals surface area contributed by atoms with Crippen molar-refractivity contribution in [3.05, 3.63) is 89.6 Å². The lowest BCUT2D eigenvalue weighted by Crippen LogP contribution is -2.30. The maximum Gasteiger partial charge on any atom is 0.259 e. The molecule has 158 valence electrons. The van der Waals surface area contributed by atoms with Gasteiger partial charge in [0.05, 0.1) is 11.6 Å². The summed E-state index contributed by atoms with van der Waals surface area (Å²) in [6.45, 7) is 3.99. The van der Waals surface area contributed by atoms with E-state index >= 15 is 0 Å². The van der Waals surface area contributed by atoms with E-state index in [-0.39, 0.29) is 11.9 Å². The number of aromatic nitrogens is 1. The van der Waals surface area contributed by atoms with Crippen molar-refractivity contribution in [1.29, 1.82) is 0 Å². The summed E-state index contributed by atoms with van der Waals surface area (Å²) in [4.78, 5) is 22.0. The molecule has 1 amide bonds. The van der Waals surface area contributed by atoms with Gasteiger partial charge >= 0.3 is 0 Å². The van der Waals surface area contributed by atoms with Gasteiger partial charge in [-0.1, -0.05) is 48.5 Å². The smallest absolute Gasteiger partial charge is 0.259 e. The number of hydrogen-bond donors (Lipinski definition) is 1. The molecular formula is C26H28N4O. The van der Waals surface area contributed by atoms with Crippen molar-refractivity contribution >= 4 is 17.4 Å². The summed E-state index contributed by atoms with van der Waals surface area (Å²) in [7, 11) is 0. The monoisotopic (exact) mass is 412 g/mol. The Morgan fingerprint density at radius 2 is 1.71 bits per heavy atom. The fourth-order valence-corrected chi connectivity index (χ4v) is 4.63. The van der Waals surface area contributed by atoms with Gasteiger partial charge in [0.2, 0.25) is 0 Å². The number of nitrogens with one attached hydrogen (secondary N) is 1. The number of anilines is 2. The third kappa shape index (κ3) is 4.32. The molecule has 3 aromatic rings. The van der Waals surface area contributed by atoms with Crippen LogP contribution in [0.15, 0.2) is 72.9 Å². The second kappa shape index (κ2) is 8.90. The van der Waals surface area contributed by atoms with Gasteiger partial charge in [-0.05, 0) is 61.7 Å². The van der Waals surface area contributed by atoms with Crippen LogP contribution in [0.3, 0.4) is 0 Å². The van der Waals surface area contributed by atoms with E-state index in [1.165, 1.54) is 24.0 Å². The van der Waals surface area contributed by atoms with Gasteiger partial charge in [0.25, 0.3) is 5.91 Å². The Bertz CT molecular complexity index is 1030. The van der Waals surface area contributed by atoms with Crippen molar-refractivity contribution in [3.63, 3.8) is 0 Å². The van der Waals surface area contributed by atoms with Crippen molar-refractivity contribution < 1.29 is 4.79 Å². The zero-order valence-electron chi connectivity index (χ0n) is 17.7.